The molecule has 25 heavy (non-hydrogen) atoms. The van der Waals surface area contributed by atoms with Gasteiger partial charge in [-0.05, 0) is 42.7 Å². The van der Waals surface area contributed by atoms with E-state index in [9.17, 15) is 4.79 Å². The predicted molar refractivity (Wildman–Crippen MR) is 100 cm³/mol. The van der Waals surface area contributed by atoms with Crippen molar-refractivity contribution in [3.05, 3.63) is 58.2 Å². The first-order valence-electron chi connectivity index (χ1n) is 7.51. The summed E-state index contributed by atoms with van der Waals surface area (Å²) in [5.41, 5.74) is 0.817. The highest BCUT2D eigenvalue weighted by atomic mass is 35.5. The highest BCUT2D eigenvalue weighted by Gasteiger charge is 2.22. The topological polar surface area (TPSA) is 72.2 Å². The molecular weight excluding hydrogens is 381 g/mol. The number of hydrogen-bond donors (Lipinski definition) is 1. The van der Waals surface area contributed by atoms with Gasteiger partial charge in [-0.25, -0.2) is 4.98 Å². The van der Waals surface area contributed by atoms with E-state index >= 15 is 0 Å². The predicted octanol–water partition coefficient (Wildman–Crippen LogP) is 3.66. The molecule has 1 unspecified atom stereocenters. The van der Waals surface area contributed by atoms with Crippen molar-refractivity contribution < 1.29 is 4.79 Å². The maximum Gasteiger partial charge on any atom is 0.272 e. The van der Waals surface area contributed by atoms with Gasteiger partial charge >= 0.3 is 0 Å². The van der Waals surface area contributed by atoms with E-state index in [4.69, 9.17) is 23.2 Å². The van der Waals surface area contributed by atoms with Crippen LogP contribution in [0, 0.1) is 0 Å². The molecule has 3 aromatic rings. The number of pyridine rings is 2. The number of nitrogens with zero attached hydrogens (tertiary/aromatic N) is 4. The van der Waals surface area contributed by atoms with E-state index in [1.807, 2.05) is 35.1 Å². The summed E-state index contributed by atoms with van der Waals surface area (Å²) in [4.78, 5) is 16.7. The van der Waals surface area contributed by atoms with Crippen LogP contribution in [0.25, 0.3) is 5.65 Å². The fraction of sp³-hybridized carbons (Fsp3) is 0.250. The monoisotopic (exact) mass is 395 g/mol. The van der Waals surface area contributed by atoms with Crippen molar-refractivity contribution in [3.8, 4) is 0 Å². The lowest BCUT2D eigenvalue weighted by atomic mass is 10.2. The third kappa shape index (κ3) is 4.05. The first-order chi connectivity index (χ1) is 12.1. The summed E-state index contributed by atoms with van der Waals surface area (Å²) in [6.07, 6.45) is 4.57. The molecule has 1 amide bonds. The van der Waals surface area contributed by atoms with Crippen molar-refractivity contribution in [2.45, 2.75) is 12.5 Å². The molecule has 0 spiro atoms. The highest BCUT2D eigenvalue weighted by molar-refractivity contribution is 7.98. The fourth-order valence-corrected chi connectivity index (χ4v) is 3.21. The van der Waals surface area contributed by atoms with Gasteiger partial charge in [-0.3, -0.25) is 9.20 Å². The van der Waals surface area contributed by atoms with Gasteiger partial charge in [-0.1, -0.05) is 29.3 Å². The first-order valence-corrected chi connectivity index (χ1v) is 9.66. The van der Waals surface area contributed by atoms with Gasteiger partial charge in [0, 0.05) is 6.20 Å². The van der Waals surface area contributed by atoms with Crippen LogP contribution in [0.2, 0.25) is 10.2 Å². The van der Waals surface area contributed by atoms with Crippen molar-refractivity contribution in [2.24, 2.45) is 0 Å². The zero-order chi connectivity index (χ0) is 17.8. The van der Waals surface area contributed by atoms with E-state index in [1.165, 1.54) is 6.07 Å². The number of hydrogen-bond acceptors (Lipinski definition) is 5. The molecular formula is C16H15Cl2N5OS. The number of halogens is 2. The molecule has 9 heteroatoms. The Morgan fingerprint density at radius 2 is 2.12 bits per heavy atom. The minimum Gasteiger partial charge on any atom is -0.341 e. The normalized spacial score (nSPS) is 12.3. The van der Waals surface area contributed by atoms with Gasteiger partial charge in [-0.2, -0.15) is 11.8 Å². The number of rotatable bonds is 6. The zero-order valence-corrected chi connectivity index (χ0v) is 15.6. The lowest BCUT2D eigenvalue weighted by Crippen LogP contribution is -2.31. The Labute approximate surface area is 158 Å². The van der Waals surface area contributed by atoms with Crippen molar-refractivity contribution in [2.75, 3.05) is 12.0 Å². The van der Waals surface area contributed by atoms with E-state index in [0.717, 1.165) is 11.4 Å². The van der Waals surface area contributed by atoms with Gasteiger partial charge in [0.05, 0.1) is 11.1 Å². The van der Waals surface area contributed by atoms with Crippen LogP contribution in [0.15, 0.2) is 36.5 Å². The van der Waals surface area contributed by atoms with Crippen LogP contribution in [0.5, 0.6) is 0 Å². The third-order valence-corrected chi connectivity index (χ3v) is 4.75. The number of carbonyl (C=O) groups excluding carboxylic acids is 1. The van der Waals surface area contributed by atoms with E-state index in [0.29, 0.717) is 12.2 Å². The number of thioether (sulfide) groups is 1. The van der Waals surface area contributed by atoms with E-state index < -0.39 is 5.91 Å². The van der Waals surface area contributed by atoms with Crippen LogP contribution >= 0.6 is 35.0 Å². The second kappa shape index (κ2) is 8.03. The number of nitrogens with one attached hydrogen (secondary N) is 1. The molecule has 0 aliphatic rings. The van der Waals surface area contributed by atoms with Crippen LogP contribution < -0.4 is 5.32 Å². The first kappa shape index (κ1) is 18.0. The quantitative estimate of drug-likeness (QED) is 0.644. The maximum atomic E-state index is 12.6. The zero-order valence-electron chi connectivity index (χ0n) is 13.3. The molecule has 130 valence electrons. The molecule has 1 N–H and O–H groups in total. The van der Waals surface area contributed by atoms with Crippen LogP contribution in [0.4, 0.5) is 0 Å². The van der Waals surface area contributed by atoms with Gasteiger partial charge in [0.25, 0.3) is 5.91 Å². The average molecular weight is 396 g/mol. The molecule has 0 aromatic carbocycles. The van der Waals surface area contributed by atoms with E-state index in [1.54, 1.807) is 17.8 Å². The Morgan fingerprint density at radius 3 is 2.92 bits per heavy atom. The molecule has 6 nitrogen and oxygen atoms in total. The lowest BCUT2D eigenvalue weighted by Gasteiger charge is -2.17. The molecule has 0 saturated carbocycles. The Morgan fingerprint density at radius 1 is 1.28 bits per heavy atom. The summed E-state index contributed by atoms with van der Waals surface area (Å²) in [5, 5.41) is 11.8. The van der Waals surface area contributed by atoms with Gasteiger partial charge < -0.3 is 5.32 Å². The summed E-state index contributed by atoms with van der Waals surface area (Å²) >= 11 is 13.6. The molecule has 1 atom stereocenters. The van der Waals surface area contributed by atoms with Crippen molar-refractivity contribution in [3.63, 3.8) is 0 Å². The van der Waals surface area contributed by atoms with Gasteiger partial charge in [0.15, 0.2) is 11.5 Å². The SMILES string of the molecule is CSCCC(NC(=O)c1nc(Cl)ccc1Cl)c1nnc2ccccn12. The second-order valence-electron chi connectivity index (χ2n) is 5.26. The molecule has 0 fully saturated rings. The summed E-state index contributed by atoms with van der Waals surface area (Å²) in [6, 6.07) is 8.41. The molecule has 3 rings (SSSR count). The number of fused-ring (bicyclic) bond motifs is 1. The van der Waals surface area contributed by atoms with Gasteiger partial charge in [0.1, 0.15) is 10.8 Å². The molecule has 3 heterocycles. The maximum absolute atomic E-state index is 12.6. The minimum atomic E-state index is -0.397. The molecule has 0 saturated heterocycles. The van der Waals surface area contributed by atoms with Crippen LogP contribution in [0.3, 0.4) is 0 Å². The number of aromatic nitrogens is 4. The molecule has 0 aliphatic carbocycles. The number of amides is 1. The summed E-state index contributed by atoms with van der Waals surface area (Å²) < 4.78 is 1.86. The van der Waals surface area contributed by atoms with Crippen LogP contribution in [0.1, 0.15) is 28.8 Å². The number of carbonyl (C=O) groups is 1. The van der Waals surface area contributed by atoms with Crippen LogP contribution in [-0.2, 0) is 0 Å². The second-order valence-corrected chi connectivity index (χ2v) is 7.04. The average Bonchev–Trinajstić information content (AvgIpc) is 3.04. The molecule has 0 aliphatic heterocycles. The lowest BCUT2D eigenvalue weighted by molar-refractivity contribution is 0.0929. The standard InChI is InChI=1S/C16H15Cl2N5OS/c1-25-9-7-11(15-22-21-13-4-2-3-8-23(13)15)19-16(24)14-10(17)5-6-12(18)20-14/h2-6,8,11H,7,9H2,1H3,(H,19,24). The van der Waals surface area contributed by atoms with Crippen molar-refractivity contribution >= 4 is 46.5 Å². The Hall–Kier alpha value is -1.83. The minimum absolute atomic E-state index is 0.0946. The molecule has 0 radical (unpaired) electrons. The van der Waals surface area contributed by atoms with E-state index in [-0.39, 0.29) is 21.9 Å². The Bertz CT molecular complexity index is 901. The largest absolute Gasteiger partial charge is 0.341 e. The Balaban J connectivity index is 1.91. The fourth-order valence-electron chi connectivity index (χ4n) is 2.40. The summed E-state index contributed by atoms with van der Waals surface area (Å²) in [7, 11) is 0. The van der Waals surface area contributed by atoms with Gasteiger partial charge in [0.2, 0.25) is 0 Å². The Kier molecular flexibility index (Phi) is 5.78. The highest BCUT2D eigenvalue weighted by Crippen LogP contribution is 2.21. The summed E-state index contributed by atoms with van der Waals surface area (Å²) in [6.45, 7) is 0. The van der Waals surface area contributed by atoms with Gasteiger partial charge in [-0.15, -0.1) is 10.2 Å². The van der Waals surface area contributed by atoms with E-state index in [2.05, 4.69) is 20.5 Å². The summed E-state index contributed by atoms with van der Waals surface area (Å²) in [5.74, 6) is 1.12. The smallest absolute Gasteiger partial charge is 0.272 e. The molecule has 0 bridgehead atoms. The van der Waals surface area contributed by atoms with Crippen LogP contribution in [-0.4, -0.2) is 37.5 Å². The molecule has 3 aromatic heterocycles. The third-order valence-electron chi connectivity index (χ3n) is 3.59. The van der Waals surface area contributed by atoms with Crippen molar-refractivity contribution in [1.29, 1.82) is 0 Å². The van der Waals surface area contributed by atoms with Crippen molar-refractivity contribution in [1.82, 2.24) is 24.9 Å².